The number of anilines is 1. The molecule has 2 rings (SSSR count). The summed E-state index contributed by atoms with van der Waals surface area (Å²) in [4.78, 5) is 21.6. The maximum absolute atomic E-state index is 9.55. The van der Waals surface area contributed by atoms with Crippen molar-refractivity contribution in [1.82, 2.24) is 5.32 Å². The van der Waals surface area contributed by atoms with Gasteiger partial charge in [0.05, 0.1) is 0 Å². The van der Waals surface area contributed by atoms with E-state index >= 15 is 0 Å². The fourth-order valence-corrected chi connectivity index (χ4v) is 2.76. The van der Waals surface area contributed by atoms with Crippen LogP contribution in [-0.4, -0.2) is 61.5 Å². The van der Waals surface area contributed by atoms with Crippen LogP contribution in [0.1, 0.15) is 19.3 Å². The molecule has 1 fully saturated rings. The van der Waals surface area contributed by atoms with E-state index in [1.54, 1.807) is 7.11 Å². The van der Waals surface area contributed by atoms with Crippen LogP contribution in [0.15, 0.2) is 42.5 Å². The minimum Gasteiger partial charge on any atom is -0.478 e. The number of nitrogens with one attached hydrogen (secondary N) is 1. The summed E-state index contributed by atoms with van der Waals surface area (Å²) in [6.07, 6.45) is 4.81. The van der Waals surface area contributed by atoms with E-state index in [9.17, 15) is 9.59 Å². The largest absolute Gasteiger partial charge is 0.478 e. The lowest BCUT2D eigenvalue weighted by molar-refractivity contribution is -0.134. The number of methoxy groups -OCH3 is 1. The standard InChI is InChI=1S/C15H24N2O.C4H4O4/c1-18-12-6-10-16-13-15-9-5-11-17(15)14-7-3-2-4-8-14;5-3(6)1-2-4(7)8/h2-4,7-8,15-16H,5-6,9-13H2,1H3;1-2H,(H,5,6)(H,7,8). The van der Waals surface area contributed by atoms with Gasteiger partial charge in [0, 0.05) is 50.7 Å². The SMILES string of the molecule is COCCCNCC1CCCN1c1ccccc1.O=C(O)C=CC(=O)O. The molecule has 144 valence electrons. The zero-order valence-electron chi connectivity index (χ0n) is 15.1. The van der Waals surface area contributed by atoms with Gasteiger partial charge in [0.1, 0.15) is 0 Å². The molecule has 1 heterocycles. The lowest BCUT2D eigenvalue weighted by atomic mass is 10.2. The molecule has 1 aliphatic heterocycles. The second-order valence-corrected chi connectivity index (χ2v) is 5.89. The summed E-state index contributed by atoms with van der Waals surface area (Å²) in [7, 11) is 1.76. The topological polar surface area (TPSA) is 99.1 Å². The smallest absolute Gasteiger partial charge is 0.328 e. The maximum Gasteiger partial charge on any atom is 0.328 e. The Morgan fingerprint density at radius 2 is 1.88 bits per heavy atom. The van der Waals surface area contributed by atoms with Crippen molar-refractivity contribution in [2.75, 3.05) is 38.3 Å². The van der Waals surface area contributed by atoms with Crippen LogP contribution in [-0.2, 0) is 14.3 Å². The van der Waals surface area contributed by atoms with Gasteiger partial charge in [-0.15, -0.1) is 0 Å². The second-order valence-electron chi connectivity index (χ2n) is 5.89. The molecule has 1 aromatic carbocycles. The number of carbonyl (C=O) groups is 2. The van der Waals surface area contributed by atoms with E-state index < -0.39 is 11.9 Å². The van der Waals surface area contributed by atoms with Crippen molar-refractivity contribution in [3.63, 3.8) is 0 Å². The first-order chi connectivity index (χ1) is 12.5. The molecule has 26 heavy (non-hydrogen) atoms. The molecule has 0 spiro atoms. The molecule has 0 aromatic heterocycles. The summed E-state index contributed by atoms with van der Waals surface area (Å²) in [5.74, 6) is -2.51. The number of carboxylic acids is 2. The minimum atomic E-state index is -1.26. The van der Waals surface area contributed by atoms with Crippen LogP contribution in [0.25, 0.3) is 0 Å². The van der Waals surface area contributed by atoms with Crippen molar-refractivity contribution in [2.45, 2.75) is 25.3 Å². The fourth-order valence-electron chi connectivity index (χ4n) is 2.76. The van der Waals surface area contributed by atoms with Crippen molar-refractivity contribution in [2.24, 2.45) is 0 Å². The Bertz CT molecular complexity index is 546. The average Bonchev–Trinajstić information content (AvgIpc) is 3.10. The molecule has 0 bridgehead atoms. The number of ether oxygens (including phenoxy) is 1. The maximum atomic E-state index is 9.55. The lowest BCUT2D eigenvalue weighted by Gasteiger charge is -2.27. The number of carboxylic acid groups (broad SMARTS) is 2. The van der Waals surface area contributed by atoms with Crippen molar-refractivity contribution in [3.8, 4) is 0 Å². The van der Waals surface area contributed by atoms with Crippen LogP contribution in [0.2, 0.25) is 0 Å². The summed E-state index contributed by atoms with van der Waals surface area (Å²) in [6.45, 7) is 4.17. The van der Waals surface area contributed by atoms with Gasteiger partial charge in [-0.2, -0.15) is 0 Å². The molecule has 0 amide bonds. The zero-order chi connectivity index (χ0) is 19.2. The number of aliphatic carboxylic acids is 2. The predicted octanol–water partition coefficient (Wildman–Crippen LogP) is 1.99. The predicted molar refractivity (Wildman–Crippen MR) is 101 cm³/mol. The zero-order valence-corrected chi connectivity index (χ0v) is 15.1. The summed E-state index contributed by atoms with van der Waals surface area (Å²) in [6, 6.07) is 11.4. The van der Waals surface area contributed by atoms with Gasteiger partial charge in [-0.05, 0) is 37.9 Å². The minimum absolute atomic E-state index is 0.558. The third-order valence-electron chi connectivity index (χ3n) is 3.92. The van der Waals surface area contributed by atoms with Crippen molar-refractivity contribution in [3.05, 3.63) is 42.5 Å². The molecule has 1 unspecified atom stereocenters. The van der Waals surface area contributed by atoms with E-state index in [-0.39, 0.29) is 0 Å². The molecule has 1 atom stereocenters. The molecule has 0 radical (unpaired) electrons. The van der Waals surface area contributed by atoms with E-state index in [4.69, 9.17) is 14.9 Å². The van der Waals surface area contributed by atoms with E-state index in [1.807, 2.05) is 0 Å². The van der Waals surface area contributed by atoms with E-state index in [1.165, 1.54) is 25.1 Å². The van der Waals surface area contributed by atoms with E-state index in [2.05, 4.69) is 40.5 Å². The Morgan fingerprint density at radius 1 is 1.23 bits per heavy atom. The van der Waals surface area contributed by atoms with Gasteiger partial charge in [-0.3, -0.25) is 0 Å². The van der Waals surface area contributed by atoms with Crippen molar-refractivity contribution in [1.29, 1.82) is 0 Å². The summed E-state index contributed by atoms with van der Waals surface area (Å²) < 4.78 is 5.05. The van der Waals surface area contributed by atoms with Crippen LogP contribution >= 0.6 is 0 Å². The molecule has 3 N–H and O–H groups in total. The number of benzene rings is 1. The summed E-state index contributed by atoms with van der Waals surface area (Å²) >= 11 is 0. The van der Waals surface area contributed by atoms with Crippen LogP contribution in [0.5, 0.6) is 0 Å². The van der Waals surface area contributed by atoms with Crippen molar-refractivity contribution < 1.29 is 24.5 Å². The number of nitrogens with zero attached hydrogens (tertiary/aromatic N) is 1. The van der Waals surface area contributed by atoms with Gasteiger partial charge in [0.2, 0.25) is 0 Å². The van der Waals surface area contributed by atoms with Gasteiger partial charge in [0.25, 0.3) is 0 Å². The summed E-state index contributed by atoms with van der Waals surface area (Å²) in [5.41, 5.74) is 1.36. The Balaban J connectivity index is 0.000000359. The first kappa shape index (κ1) is 21.7. The average molecular weight is 364 g/mol. The highest BCUT2D eigenvalue weighted by molar-refractivity contribution is 5.89. The molecule has 1 aromatic rings. The monoisotopic (exact) mass is 364 g/mol. The first-order valence-electron chi connectivity index (χ1n) is 8.70. The molecular weight excluding hydrogens is 336 g/mol. The highest BCUT2D eigenvalue weighted by Crippen LogP contribution is 2.24. The Kier molecular flexibility index (Phi) is 10.8. The number of hydrogen-bond donors (Lipinski definition) is 3. The van der Waals surface area contributed by atoms with Gasteiger partial charge >= 0.3 is 11.9 Å². The van der Waals surface area contributed by atoms with Crippen LogP contribution in [0.4, 0.5) is 5.69 Å². The number of para-hydroxylation sites is 1. The quantitative estimate of drug-likeness (QED) is 0.455. The molecular formula is C19H28N2O5. The van der Waals surface area contributed by atoms with Crippen molar-refractivity contribution >= 4 is 17.6 Å². The Morgan fingerprint density at radius 3 is 2.46 bits per heavy atom. The van der Waals surface area contributed by atoms with Gasteiger partial charge in [-0.25, -0.2) is 9.59 Å². The highest BCUT2D eigenvalue weighted by atomic mass is 16.5. The van der Waals surface area contributed by atoms with E-state index in [0.29, 0.717) is 18.2 Å². The Hall–Kier alpha value is -2.38. The number of hydrogen-bond acceptors (Lipinski definition) is 5. The van der Waals surface area contributed by atoms with Crippen LogP contribution in [0, 0.1) is 0 Å². The molecule has 0 saturated carbocycles. The molecule has 0 aliphatic carbocycles. The molecule has 1 aliphatic rings. The third kappa shape index (κ3) is 9.19. The van der Waals surface area contributed by atoms with Crippen LogP contribution < -0.4 is 10.2 Å². The van der Waals surface area contributed by atoms with Gasteiger partial charge in [0.15, 0.2) is 0 Å². The third-order valence-corrected chi connectivity index (χ3v) is 3.92. The van der Waals surface area contributed by atoms with Gasteiger partial charge < -0.3 is 25.2 Å². The fraction of sp³-hybridized carbons (Fsp3) is 0.474. The van der Waals surface area contributed by atoms with Crippen LogP contribution in [0.3, 0.4) is 0 Å². The highest BCUT2D eigenvalue weighted by Gasteiger charge is 2.23. The van der Waals surface area contributed by atoms with Gasteiger partial charge in [-0.1, -0.05) is 18.2 Å². The Labute approximate surface area is 154 Å². The number of rotatable bonds is 9. The molecule has 1 saturated heterocycles. The lowest BCUT2D eigenvalue weighted by Crippen LogP contribution is -2.38. The molecule has 7 nitrogen and oxygen atoms in total. The van der Waals surface area contributed by atoms with E-state index in [0.717, 1.165) is 26.1 Å². The summed E-state index contributed by atoms with van der Waals surface area (Å²) in [5, 5.41) is 19.2. The first-order valence-corrected chi connectivity index (χ1v) is 8.70. The molecule has 7 heteroatoms. The second kappa shape index (κ2) is 12.9. The normalized spacial score (nSPS) is 16.3.